The van der Waals surface area contributed by atoms with E-state index in [0.29, 0.717) is 22.3 Å². The highest BCUT2D eigenvalue weighted by Crippen LogP contribution is 2.22. The molecule has 0 radical (unpaired) electrons. The molecule has 1 heterocycles. The summed E-state index contributed by atoms with van der Waals surface area (Å²) in [6.07, 6.45) is 0. The van der Waals surface area contributed by atoms with E-state index in [1.54, 1.807) is 34.9 Å². The van der Waals surface area contributed by atoms with E-state index in [1.165, 1.54) is 7.11 Å². The Labute approximate surface area is 155 Å². The molecule has 0 N–H and O–H groups in total. The van der Waals surface area contributed by atoms with Crippen molar-refractivity contribution >= 4 is 16.9 Å². The summed E-state index contributed by atoms with van der Waals surface area (Å²) in [5.74, 6) is 0.106. The first kappa shape index (κ1) is 16.7. The molecule has 4 rings (SSSR count). The second-order valence-corrected chi connectivity index (χ2v) is 6.00. The summed E-state index contributed by atoms with van der Waals surface area (Å²) in [4.78, 5) is 29.6. The van der Waals surface area contributed by atoms with E-state index in [4.69, 9.17) is 9.72 Å². The molecule has 0 aliphatic carbocycles. The molecule has 0 saturated carbocycles. The first-order chi connectivity index (χ1) is 13.2. The van der Waals surface area contributed by atoms with Crippen LogP contribution < -0.4 is 5.56 Å². The van der Waals surface area contributed by atoms with Crippen LogP contribution in [-0.2, 0) is 4.74 Å². The molecule has 0 fully saturated rings. The number of rotatable bonds is 3. The van der Waals surface area contributed by atoms with Crippen LogP contribution in [0.15, 0.2) is 83.7 Å². The molecular weight excluding hydrogens is 340 g/mol. The minimum Gasteiger partial charge on any atom is -0.465 e. The Balaban J connectivity index is 1.99. The standard InChI is InChI=1S/C22H16N2O3/c1-27-22(26)16-13-11-15(12-14-16)20-23-19-10-6-5-9-18(19)21(25)24(20)17-7-3-2-4-8-17/h2-14H,1H3. The Bertz CT molecular complexity index is 1180. The number of fused-ring (bicyclic) bond motifs is 1. The number of esters is 1. The van der Waals surface area contributed by atoms with Crippen LogP contribution in [0.1, 0.15) is 10.4 Å². The van der Waals surface area contributed by atoms with Crippen LogP contribution in [-0.4, -0.2) is 22.6 Å². The highest BCUT2D eigenvalue weighted by Gasteiger charge is 2.15. The van der Waals surface area contributed by atoms with Gasteiger partial charge < -0.3 is 4.74 Å². The number of hydrogen-bond donors (Lipinski definition) is 0. The van der Waals surface area contributed by atoms with Crippen LogP contribution in [0.25, 0.3) is 28.0 Å². The van der Waals surface area contributed by atoms with Crippen LogP contribution in [0.3, 0.4) is 0 Å². The Kier molecular flexibility index (Phi) is 4.26. The zero-order valence-electron chi connectivity index (χ0n) is 14.6. The monoisotopic (exact) mass is 356 g/mol. The van der Waals surface area contributed by atoms with Crippen LogP contribution in [0, 0.1) is 0 Å². The Hall–Kier alpha value is -3.73. The maximum Gasteiger partial charge on any atom is 0.337 e. The maximum atomic E-state index is 13.2. The summed E-state index contributed by atoms with van der Waals surface area (Å²) >= 11 is 0. The van der Waals surface area contributed by atoms with E-state index in [-0.39, 0.29) is 5.56 Å². The van der Waals surface area contributed by atoms with Crippen molar-refractivity contribution in [2.75, 3.05) is 7.11 Å². The lowest BCUT2D eigenvalue weighted by molar-refractivity contribution is 0.0601. The summed E-state index contributed by atoms with van der Waals surface area (Å²) < 4.78 is 6.33. The van der Waals surface area contributed by atoms with Gasteiger partial charge in [-0.25, -0.2) is 9.78 Å². The van der Waals surface area contributed by atoms with Crippen molar-refractivity contribution in [1.29, 1.82) is 0 Å². The van der Waals surface area contributed by atoms with Gasteiger partial charge in [-0.05, 0) is 36.4 Å². The Morgan fingerprint density at radius 1 is 0.889 bits per heavy atom. The molecule has 5 nitrogen and oxygen atoms in total. The van der Waals surface area contributed by atoms with E-state index in [9.17, 15) is 9.59 Å². The number of carbonyl (C=O) groups is 1. The highest BCUT2D eigenvalue weighted by molar-refractivity contribution is 5.90. The lowest BCUT2D eigenvalue weighted by Gasteiger charge is -2.14. The Morgan fingerprint density at radius 3 is 2.26 bits per heavy atom. The van der Waals surface area contributed by atoms with Crippen molar-refractivity contribution in [2.45, 2.75) is 0 Å². The molecule has 5 heteroatoms. The Morgan fingerprint density at radius 2 is 1.56 bits per heavy atom. The average molecular weight is 356 g/mol. The first-order valence-corrected chi connectivity index (χ1v) is 8.45. The normalized spacial score (nSPS) is 10.7. The van der Waals surface area contributed by atoms with Gasteiger partial charge in [0.2, 0.25) is 0 Å². The zero-order valence-corrected chi connectivity index (χ0v) is 14.6. The van der Waals surface area contributed by atoms with Gasteiger partial charge in [0.25, 0.3) is 5.56 Å². The van der Waals surface area contributed by atoms with Crippen molar-refractivity contribution in [2.24, 2.45) is 0 Å². The minimum absolute atomic E-state index is 0.140. The number of ether oxygens (including phenoxy) is 1. The number of nitrogens with zero attached hydrogens (tertiary/aromatic N) is 2. The second kappa shape index (κ2) is 6.88. The van der Waals surface area contributed by atoms with E-state index in [1.807, 2.05) is 48.5 Å². The SMILES string of the molecule is COC(=O)c1ccc(-c2nc3ccccc3c(=O)n2-c2ccccc2)cc1. The fraction of sp³-hybridized carbons (Fsp3) is 0.0455. The lowest BCUT2D eigenvalue weighted by Crippen LogP contribution is -2.21. The smallest absolute Gasteiger partial charge is 0.337 e. The van der Waals surface area contributed by atoms with E-state index < -0.39 is 5.97 Å². The average Bonchev–Trinajstić information content (AvgIpc) is 2.74. The van der Waals surface area contributed by atoms with Crippen molar-refractivity contribution in [3.63, 3.8) is 0 Å². The molecule has 27 heavy (non-hydrogen) atoms. The van der Waals surface area contributed by atoms with Gasteiger partial charge in [0.15, 0.2) is 0 Å². The number of methoxy groups -OCH3 is 1. The van der Waals surface area contributed by atoms with Gasteiger partial charge in [0.1, 0.15) is 5.82 Å². The van der Waals surface area contributed by atoms with E-state index in [2.05, 4.69) is 0 Å². The maximum absolute atomic E-state index is 13.2. The third kappa shape index (κ3) is 3.00. The third-order valence-corrected chi connectivity index (χ3v) is 4.35. The molecule has 0 aliphatic rings. The quantitative estimate of drug-likeness (QED) is 0.523. The molecule has 0 amide bonds. The van der Waals surface area contributed by atoms with Crippen molar-refractivity contribution < 1.29 is 9.53 Å². The van der Waals surface area contributed by atoms with Gasteiger partial charge in [-0.3, -0.25) is 9.36 Å². The predicted octanol–water partition coefficient (Wildman–Crippen LogP) is 3.84. The topological polar surface area (TPSA) is 61.2 Å². The molecule has 0 saturated heterocycles. The molecule has 0 unspecified atom stereocenters. The second-order valence-electron chi connectivity index (χ2n) is 6.00. The number of hydrogen-bond acceptors (Lipinski definition) is 4. The molecule has 1 aromatic heterocycles. The number of para-hydroxylation sites is 2. The molecule has 4 aromatic rings. The molecule has 132 valence electrons. The summed E-state index contributed by atoms with van der Waals surface area (Å²) in [7, 11) is 1.34. The van der Waals surface area contributed by atoms with Crippen LogP contribution in [0.4, 0.5) is 0 Å². The molecule has 0 aliphatic heterocycles. The summed E-state index contributed by atoms with van der Waals surface area (Å²) in [5.41, 5.74) is 2.39. The zero-order chi connectivity index (χ0) is 18.8. The molecule has 0 spiro atoms. The lowest BCUT2D eigenvalue weighted by atomic mass is 10.1. The van der Waals surface area contributed by atoms with Crippen LogP contribution >= 0.6 is 0 Å². The largest absolute Gasteiger partial charge is 0.465 e. The van der Waals surface area contributed by atoms with Crippen molar-refractivity contribution in [1.82, 2.24) is 9.55 Å². The summed E-state index contributed by atoms with van der Waals surface area (Å²) in [6.45, 7) is 0. The van der Waals surface area contributed by atoms with Gasteiger partial charge in [-0.2, -0.15) is 0 Å². The highest BCUT2D eigenvalue weighted by atomic mass is 16.5. The van der Waals surface area contributed by atoms with Gasteiger partial charge in [-0.1, -0.05) is 42.5 Å². The fourth-order valence-electron chi connectivity index (χ4n) is 3.02. The van der Waals surface area contributed by atoms with E-state index in [0.717, 1.165) is 11.3 Å². The van der Waals surface area contributed by atoms with Crippen LogP contribution in [0.2, 0.25) is 0 Å². The molecular formula is C22H16N2O3. The van der Waals surface area contributed by atoms with Gasteiger partial charge in [0.05, 0.1) is 29.3 Å². The number of carbonyl (C=O) groups excluding carboxylic acids is 1. The van der Waals surface area contributed by atoms with Crippen molar-refractivity contribution in [3.05, 3.63) is 94.8 Å². The molecule has 0 atom stereocenters. The van der Waals surface area contributed by atoms with Crippen molar-refractivity contribution in [3.8, 4) is 17.1 Å². The molecule has 3 aromatic carbocycles. The molecule has 0 bridgehead atoms. The van der Waals surface area contributed by atoms with E-state index >= 15 is 0 Å². The van der Waals surface area contributed by atoms with Crippen LogP contribution in [0.5, 0.6) is 0 Å². The van der Waals surface area contributed by atoms with Gasteiger partial charge in [-0.15, -0.1) is 0 Å². The van der Waals surface area contributed by atoms with Gasteiger partial charge in [0, 0.05) is 5.56 Å². The third-order valence-electron chi connectivity index (χ3n) is 4.35. The summed E-state index contributed by atoms with van der Waals surface area (Å²) in [5, 5.41) is 0.552. The first-order valence-electron chi connectivity index (χ1n) is 8.45. The fourth-order valence-corrected chi connectivity index (χ4v) is 3.02. The van der Waals surface area contributed by atoms with Gasteiger partial charge >= 0.3 is 5.97 Å². The number of aromatic nitrogens is 2. The minimum atomic E-state index is -0.409. The summed E-state index contributed by atoms with van der Waals surface area (Å²) in [6, 6.07) is 23.5. The number of benzene rings is 3. The predicted molar refractivity (Wildman–Crippen MR) is 104 cm³/mol.